The Morgan fingerprint density at radius 1 is 1.31 bits per heavy atom. The predicted octanol–water partition coefficient (Wildman–Crippen LogP) is 3.09. The van der Waals surface area contributed by atoms with Gasteiger partial charge in [-0.15, -0.1) is 11.3 Å². The van der Waals surface area contributed by atoms with Gasteiger partial charge in [-0.2, -0.15) is 0 Å². The maximum atomic E-state index is 13.1. The van der Waals surface area contributed by atoms with Gasteiger partial charge in [0.2, 0.25) is 5.91 Å². The number of thiazole rings is 1. The molecule has 5 nitrogen and oxygen atoms in total. The van der Waals surface area contributed by atoms with Gasteiger partial charge in [-0.05, 0) is 25.5 Å². The molecule has 0 bridgehead atoms. The van der Waals surface area contributed by atoms with E-state index in [1.54, 1.807) is 23.5 Å². The molecule has 1 aromatic heterocycles. The molecule has 0 N–H and O–H groups in total. The lowest BCUT2D eigenvalue weighted by Crippen LogP contribution is -2.48. The van der Waals surface area contributed by atoms with Crippen molar-refractivity contribution in [2.75, 3.05) is 32.8 Å². The van der Waals surface area contributed by atoms with Crippen LogP contribution in [0, 0.1) is 12.7 Å². The van der Waals surface area contributed by atoms with E-state index in [0.717, 1.165) is 43.4 Å². The number of aromatic nitrogens is 1. The summed E-state index contributed by atoms with van der Waals surface area (Å²) in [4.78, 5) is 21.1. The molecule has 1 amide bonds. The van der Waals surface area contributed by atoms with Gasteiger partial charge in [0, 0.05) is 50.6 Å². The molecule has 1 aromatic carbocycles. The van der Waals surface area contributed by atoms with Crippen molar-refractivity contribution in [2.24, 2.45) is 0 Å². The summed E-state index contributed by atoms with van der Waals surface area (Å²) in [5.41, 5.74) is 1.11. The monoisotopic (exact) mass is 377 g/mol. The van der Waals surface area contributed by atoms with Crippen LogP contribution in [0.1, 0.15) is 23.5 Å². The summed E-state index contributed by atoms with van der Waals surface area (Å²) in [6.07, 6.45) is 1.09. The van der Waals surface area contributed by atoms with E-state index in [9.17, 15) is 9.18 Å². The zero-order valence-electron chi connectivity index (χ0n) is 15.0. The van der Waals surface area contributed by atoms with E-state index < -0.39 is 0 Å². The van der Waals surface area contributed by atoms with Gasteiger partial charge in [-0.25, -0.2) is 9.37 Å². The number of rotatable bonds is 7. The SMILES string of the molecule is Cc1nc(CN2CCN(C(=O)CCCOc3cccc(F)c3)CC2)cs1. The van der Waals surface area contributed by atoms with Gasteiger partial charge in [0.05, 0.1) is 17.3 Å². The average molecular weight is 377 g/mol. The highest BCUT2D eigenvalue weighted by Crippen LogP contribution is 2.14. The van der Waals surface area contributed by atoms with Gasteiger partial charge < -0.3 is 9.64 Å². The standard InChI is InChI=1S/C19H24FN3O2S/c1-15-21-17(14-26-15)13-22-7-9-23(10-8-22)19(24)6-3-11-25-18-5-2-4-16(20)12-18/h2,4-5,12,14H,3,6-11,13H2,1H3. The van der Waals surface area contributed by atoms with Gasteiger partial charge in [0.25, 0.3) is 0 Å². The number of halogens is 1. The predicted molar refractivity (Wildman–Crippen MR) is 99.8 cm³/mol. The topological polar surface area (TPSA) is 45.7 Å². The summed E-state index contributed by atoms with van der Waals surface area (Å²) in [5.74, 6) is 0.351. The summed E-state index contributed by atoms with van der Waals surface area (Å²) < 4.78 is 18.6. The number of piperazine rings is 1. The number of amides is 1. The summed E-state index contributed by atoms with van der Waals surface area (Å²) >= 11 is 1.67. The number of ether oxygens (including phenoxy) is 1. The number of hydrogen-bond donors (Lipinski definition) is 0. The van der Waals surface area contributed by atoms with E-state index in [4.69, 9.17) is 4.74 Å². The van der Waals surface area contributed by atoms with Crippen LogP contribution in [0.4, 0.5) is 4.39 Å². The highest BCUT2D eigenvalue weighted by atomic mass is 32.1. The zero-order chi connectivity index (χ0) is 18.4. The molecule has 140 valence electrons. The Morgan fingerprint density at radius 3 is 2.81 bits per heavy atom. The number of carbonyl (C=O) groups is 1. The van der Waals surface area contributed by atoms with Gasteiger partial charge in [-0.1, -0.05) is 6.07 Å². The Labute approximate surface area is 157 Å². The molecule has 0 atom stereocenters. The van der Waals surface area contributed by atoms with Crippen molar-refractivity contribution in [2.45, 2.75) is 26.3 Å². The summed E-state index contributed by atoms with van der Waals surface area (Å²) in [6.45, 7) is 6.55. The van der Waals surface area contributed by atoms with E-state index in [2.05, 4.69) is 15.3 Å². The van der Waals surface area contributed by atoms with E-state index in [0.29, 0.717) is 25.2 Å². The number of nitrogens with zero attached hydrogens (tertiary/aromatic N) is 3. The number of aryl methyl sites for hydroxylation is 1. The van der Waals surface area contributed by atoms with Crippen molar-refractivity contribution in [3.8, 4) is 5.75 Å². The zero-order valence-corrected chi connectivity index (χ0v) is 15.8. The molecule has 1 aliphatic heterocycles. The minimum absolute atomic E-state index is 0.164. The van der Waals surface area contributed by atoms with Crippen LogP contribution in [-0.4, -0.2) is 53.5 Å². The number of hydrogen-bond acceptors (Lipinski definition) is 5. The number of benzene rings is 1. The largest absolute Gasteiger partial charge is 0.493 e. The van der Waals surface area contributed by atoms with E-state index in [1.165, 1.54) is 12.1 Å². The van der Waals surface area contributed by atoms with Crippen molar-refractivity contribution < 1.29 is 13.9 Å². The van der Waals surface area contributed by atoms with Crippen LogP contribution in [0.5, 0.6) is 5.75 Å². The first-order valence-electron chi connectivity index (χ1n) is 8.89. The first-order chi connectivity index (χ1) is 12.6. The fourth-order valence-electron chi connectivity index (χ4n) is 2.99. The lowest BCUT2D eigenvalue weighted by atomic mass is 10.2. The third-order valence-electron chi connectivity index (χ3n) is 4.38. The molecule has 2 heterocycles. The molecular formula is C19H24FN3O2S. The van der Waals surface area contributed by atoms with Gasteiger partial charge >= 0.3 is 0 Å². The maximum Gasteiger partial charge on any atom is 0.222 e. The minimum Gasteiger partial charge on any atom is -0.493 e. The van der Waals surface area contributed by atoms with E-state index in [-0.39, 0.29) is 11.7 Å². The normalized spacial score (nSPS) is 15.2. The van der Waals surface area contributed by atoms with Gasteiger partial charge in [0.1, 0.15) is 11.6 Å². The van der Waals surface area contributed by atoms with Gasteiger partial charge in [0.15, 0.2) is 0 Å². The fourth-order valence-corrected chi connectivity index (χ4v) is 3.60. The first-order valence-corrected chi connectivity index (χ1v) is 9.77. The van der Waals surface area contributed by atoms with Gasteiger partial charge in [-0.3, -0.25) is 9.69 Å². The summed E-state index contributed by atoms with van der Waals surface area (Å²) in [7, 11) is 0. The quantitative estimate of drug-likeness (QED) is 0.696. The van der Waals surface area contributed by atoms with Crippen molar-refractivity contribution in [3.63, 3.8) is 0 Å². The van der Waals surface area contributed by atoms with E-state index in [1.807, 2.05) is 11.8 Å². The number of carbonyl (C=O) groups excluding carboxylic acids is 1. The van der Waals surface area contributed by atoms with Crippen LogP contribution in [0.15, 0.2) is 29.6 Å². The molecule has 26 heavy (non-hydrogen) atoms. The van der Waals surface area contributed by atoms with Crippen molar-refractivity contribution >= 4 is 17.2 Å². The molecule has 7 heteroatoms. The van der Waals surface area contributed by atoms with Crippen LogP contribution < -0.4 is 4.74 Å². The van der Waals surface area contributed by atoms with Crippen LogP contribution in [-0.2, 0) is 11.3 Å². The molecule has 1 aliphatic rings. The molecule has 2 aromatic rings. The molecular weight excluding hydrogens is 353 g/mol. The Bertz CT molecular complexity index is 729. The second-order valence-corrected chi connectivity index (χ2v) is 7.49. The third-order valence-corrected chi connectivity index (χ3v) is 5.20. The Morgan fingerprint density at radius 2 is 2.12 bits per heavy atom. The highest BCUT2D eigenvalue weighted by Gasteiger charge is 2.21. The molecule has 3 rings (SSSR count). The Kier molecular flexibility index (Phi) is 6.57. The molecule has 0 radical (unpaired) electrons. The lowest BCUT2D eigenvalue weighted by Gasteiger charge is -2.34. The third kappa shape index (κ3) is 5.51. The molecule has 0 spiro atoms. The molecule has 0 aliphatic carbocycles. The van der Waals surface area contributed by atoms with Crippen molar-refractivity contribution in [1.29, 1.82) is 0 Å². The lowest BCUT2D eigenvalue weighted by molar-refractivity contribution is -0.133. The molecule has 0 unspecified atom stereocenters. The van der Waals surface area contributed by atoms with Crippen LogP contribution in [0.25, 0.3) is 0 Å². The average Bonchev–Trinajstić information content (AvgIpc) is 3.04. The first kappa shape index (κ1) is 18.8. The van der Waals surface area contributed by atoms with Crippen molar-refractivity contribution in [3.05, 3.63) is 46.2 Å². The molecule has 0 saturated carbocycles. The Balaban J connectivity index is 1.33. The van der Waals surface area contributed by atoms with Crippen molar-refractivity contribution in [1.82, 2.24) is 14.8 Å². The fraction of sp³-hybridized carbons (Fsp3) is 0.474. The smallest absolute Gasteiger partial charge is 0.222 e. The van der Waals surface area contributed by atoms with E-state index >= 15 is 0 Å². The second kappa shape index (κ2) is 9.09. The minimum atomic E-state index is -0.316. The molecule has 1 saturated heterocycles. The van der Waals surface area contributed by atoms with Crippen LogP contribution >= 0.6 is 11.3 Å². The summed E-state index contributed by atoms with van der Waals surface area (Å²) in [6, 6.07) is 6.06. The maximum absolute atomic E-state index is 13.1. The highest BCUT2D eigenvalue weighted by molar-refractivity contribution is 7.09. The Hall–Kier alpha value is -1.99. The van der Waals surface area contributed by atoms with Crippen LogP contribution in [0.2, 0.25) is 0 Å². The summed E-state index contributed by atoms with van der Waals surface area (Å²) in [5, 5.41) is 3.19. The molecule has 1 fully saturated rings. The van der Waals surface area contributed by atoms with Crippen LogP contribution in [0.3, 0.4) is 0 Å². The second-order valence-electron chi connectivity index (χ2n) is 6.42.